The minimum absolute atomic E-state index is 0.220. The highest BCUT2D eigenvalue weighted by atomic mass is 32.1. The van der Waals surface area contributed by atoms with Crippen LogP contribution >= 0.6 is 11.3 Å². The molecule has 0 unspecified atom stereocenters. The summed E-state index contributed by atoms with van der Waals surface area (Å²) in [7, 11) is 1.57. The molecule has 0 aliphatic rings. The Kier molecular flexibility index (Phi) is 4.88. The number of carbonyl (C=O) groups excluding carboxylic acids is 1. The molecule has 1 N–H and O–H groups in total. The van der Waals surface area contributed by atoms with Crippen molar-refractivity contribution in [1.82, 2.24) is 4.98 Å². The predicted molar refractivity (Wildman–Crippen MR) is 112 cm³/mol. The first-order chi connectivity index (χ1) is 13.5. The van der Waals surface area contributed by atoms with Crippen LogP contribution in [0.2, 0.25) is 0 Å². The molecule has 2 aromatic heterocycles. The van der Waals surface area contributed by atoms with Crippen molar-refractivity contribution in [2.45, 2.75) is 19.8 Å². The second-order valence-electron chi connectivity index (χ2n) is 6.76. The number of carbonyl (C=O) groups is 1. The van der Waals surface area contributed by atoms with Gasteiger partial charge in [0.25, 0.3) is 5.91 Å². The Morgan fingerprint density at radius 1 is 1.18 bits per heavy atom. The molecule has 0 saturated carbocycles. The summed E-state index contributed by atoms with van der Waals surface area (Å²) >= 11 is 1.38. The van der Waals surface area contributed by atoms with Gasteiger partial charge in [0.1, 0.15) is 0 Å². The van der Waals surface area contributed by atoms with E-state index in [9.17, 15) is 4.79 Å². The normalized spacial score (nSPS) is 11.1. The molecule has 2 heterocycles. The number of para-hydroxylation sites is 1. The van der Waals surface area contributed by atoms with Crippen molar-refractivity contribution in [2.24, 2.45) is 0 Å². The van der Waals surface area contributed by atoms with Crippen LogP contribution in [0, 0.1) is 0 Å². The first kappa shape index (κ1) is 18.3. The van der Waals surface area contributed by atoms with E-state index in [0.717, 1.165) is 16.6 Å². The third kappa shape index (κ3) is 3.51. The average Bonchev–Trinajstić information content (AvgIpc) is 3.34. The highest BCUT2D eigenvalue weighted by Gasteiger charge is 2.16. The van der Waals surface area contributed by atoms with Gasteiger partial charge < -0.3 is 9.15 Å². The molecule has 4 aromatic rings. The number of nitrogens with zero attached hydrogens (tertiary/aromatic N) is 1. The average molecular weight is 392 g/mol. The Hall–Kier alpha value is -3.12. The van der Waals surface area contributed by atoms with Gasteiger partial charge in [0.15, 0.2) is 22.2 Å². The van der Waals surface area contributed by atoms with E-state index in [1.165, 1.54) is 16.9 Å². The molecule has 0 spiro atoms. The Morgan fingerprint density at radius 3 is 2.68 bits per heavy atom. The number of nitrogens with one attached hydrogen (secondary N) is 1. The Bertz CT molecular complexity index is 1130. The van der Waals surface area contributed by atoms with Crippen LogP contribution in [0.5, 0.6) is 5.75 Å². The molecule has 0 fully saturated rings. The van der Waals surface area contributed by atoms with Gasteiger partial charge in [-0.25, -0.2) is 4.98 Å². The molecule has 0 radical (unpaired) electrons. The number of furan rings is 1. The number of fused-ring (bicyclic) bond motifs is 1. The van der Waals surface area contributed by atoms with E-state index < -0.39 is 0 Å². The summed E-state index contributed by atoms with van der Waals surface area (Å²) in [5, 5.41) is 6.09. The van der Waals surface area contributed by atoms with Gasteiger partial charge in [-0.15, -0.1) is 11.3 Å². The predicted octanol–water partition coefficient (Wildman–Crippen LogP) is 5.94. The zero-order valence-electron chi connectivity index (χ0n) is 15.9. The van der Waals surface area contributed by atoms with Crippen molar-refractivity contribution in [1.29, 1.82) is 0 Å². The van der Waals surface area contributed by atoms with Gasteiger partial charge in [-0.3, -0.25) is 10.1 Å². The van der Waals surface area contributed by atoms with Gasteiger partial charge in [-0.1, -0.05) is 50.2 Å². The molecule has 4 rings (SSSR count). The number of methoxy groups -OCH3 is 1. The third-order valence-corrected chi connectivity index (χ3v) is 5.31. The second-order valence-corrected chi connectivity index (χ2v) is 7.62. The Balaban J connectivity index is 1.53. The molecule has 0 aliphatic carbocycles. The number of thiazole rings is 1. The summed E-state index contributed by atoms with van der Waals surface area (Å²) < 4.78 is 11.0. The quantitative estimate of drug-likeness (QED) is 0.456. The minimum Gasteiger partial charge on any atom is -0.493 e. The first-order valence-electron chi connectivity index (χ1n) is 8.99. The molecule has 142 valence electrons. The lowest BCUT2D eigenvalue weighted by Crippen LogP contribution is -2.10. The number of aromatic nitrogens is 1. The zero-order chi connectivity index (χ0) is 19.7. The van der Waals surface area contributed by atoms with Crippen molar-refractivity contribution in [3.8, 4) is 17.0 Å². The van der Waals surface area contributed by atoms with Crippen molar-refractivity contribution in [3.05, 3.63) is 65.2 Å². The van der Waals surface area contributed by atoms with Crippen LogP contribution in [-0.2, 0) is 0 Å². The molecule has 2 aromatic carbocycles. The van der Waals surface area contributed by atoms with Crippen LogP contribution in [0.1, 0.15) is 35.9 Å². The molecule has 6 heteroatoms. The van der Waals surface area contributed by atoms with Gasteiger partial charge in [0.2, 0.25) is 0 Å². The third-order valence-electron chi connectivity index (χ3n) is 4.55. The maximum atomic E-state index is 12.6. The van der Waals surface area contributed by atoms with E-state index in [-0.39, 0.29) is 11.7 Å². The first-order valence-corrected chi connectivity index (χ1v) is 9.87. The van der Waals surface area contributed by atoms with Gasteiger partial charge in [-0.05, 0) is 23.6 Å². The van der Waals surface area contributed by atoms with E-state index in [2.05, 4.69) is 48.4 Å². The van der Waals surface area contributed by atoms with E-state index in [1.807, 2.05) is 17.5 Å². The van der Waals surface area contributed by atoms with E-state index >= 15 is 0 Å². The van der Waals surface area contributed by atoms with Crippen molar-refractivity contribution in [3.63, 3.8) is 0 Å². The van der Waals surface area contributed by atoms with Crippen molar-refractivity contribution >= 4 is 33.3 Å². The molecule has 0 atom stereocenters. The summed E-state index contributed by atoms with van der Waals surface area (Å²) in [6.07, 6.45) is 0. The standard InChI is InChI=1S/C22H20N2O3S/c1-13(2)14-7-9-15(10-8-14)17-12-28-22(23-17)24-21(25)19-11-16-5-4-6-18(26-3)20(16)27-19/h4-13H,1-3H3,(H,23,24,25). The van der Waals surface area contributed by atoms with Gasteiger partial charge in [0.05, 0.1) is 12.8 Å². The maximum absolute atomic E-state index is 12.6. The van der Waals surface area contributed by atoms with Crippen LogP contribution in [-0.4, -0.2) is 18.0 Å². The SMILES string of the molecule is COc1cccc2cc(C(=O)Nc3nc(-c4ccc(C(C)C)cc4)cs3)oc12. The number of amides is 1. The Labute approximate surface area is 167 Å². The summed E-state index contributed by atoms with van der Waals surface area (Å²) in [5.41, 5.74) is 3.70. The molecule has 5 nitrogen and oxygen atoms in total. The lowest BCUT2D eigenvalue weighted by atomic mass is 10.0. The minimum atomic E-state index is -0.339. The molecule has 0 bridgehead atoms. The molecule has 0 saturated heterocycles. The second kappa shape index (κ2) is 7.48. The molecule has 0 aliphatic heterocycles. The number of hydrogen-bond acceptors (Lipinski definition) is 5. The lowest BCUT2D eigenvalue weighted by Gasteiger charge is -2.05. The number of benzene rings is 2. The topological polar surface area (TPSA) is 64.4 Å². The summed E-state index contributed by atoms with van der Waals surface area (Å²) in [6, 6.07) is 15.6. The molecular weight excluding hydrogens is 372 g/mol. The van der Waals surface area contributed by atoms with Gasteiger partial charge in [0, 0.05) is 16.3 Å². The van der Waals surface area contributed by atoms with Gasteiger partial charge in [-0.2, -0.15) is 0 Å². The molecular formula is C22H20N2O3S. The Morgan fingerprint density at radius 2 is 1.96 bits per heavy atom. The van der Waals surface area contributed by atoms with Crippen LogP contribution in [0.25, 0.3) is 22.2 Å². The maximum Gasteiger partial charge on any atom is 0.293 e. The number of rotatable bonds is 5. The number of ether oxygens (including phenoxy) is 1. The smallest absolute Gasteiger partial charge is 0.293 e. The van der Waals surface area contributed by atoms with Crippen molar-refractivity contribution < 1.29 is 13.9 Å². The highest BCUT2D eigenvalue weighted by Crippen LogP contribution is 2.30. The number of hydrogen-bond donors (Lipinski definition) is 1. The monoisotopic (exact) mass is 392 g/mol. The highest BCUT2D eigenvalue weighted by molar-refractivity contribution is 7.14. The van der Waals surface area contributed by atoms with E-state index in [1.54, 1.807) is 19.2 Å². The van der Waals surface area contributed by atoms with E-state index in [4.69, 9.17) is 9.15 Å². The largest absolute Gasteiger partial charge is 0.493 e. The van der Waals surface area contributed by atoms with Crippen molar-refractivity contribution in [2.75, 3.05) is 12.4 Å². The fourth-order valence-electron chi connectivity index (χ4n) is 2.97. The lowest BCUT2D eigenvalue weighted by molar-refractivity contribution is 0.0998. The fraction of sp³-hybridized carbons (Fsp3) is 0.182. The molecule has 28 heavy (non-hydrogen) atoms. The summed E-state index contributed by atoms with van der Waals surface area (Å²) in [5.74, 6) is 0.964. The zero-order valence-corrected chi connectivity index (χ0v) is 16.7. The fourth-order valence-corrected chi connectivity index (χ4v) is 3.68. The molecule has 1 amide bonds. The van der Waals surface area contributed by atoms with Crippen LogP contribution < -0.4 is 10.1 Å². The van der Waals surface area contributed by atoms with Crippen LogP contribution in [0.15, 0.2) is 58.3 Å². The summed E-state index contributed by atoms with van der Waals surface area (Å²) in [4.78, 5) is 17.1. The van der Waals surface area contributed by atoms with Crippen LogP contribution in [0.4, 0.5) is 5.13 Å². The summed E-state index contributed by atoms with van der Waals surface area (Å²) in [6.45, 7) is 4.33. The van der Waals surface area contributed by atoms with E-state index in [0.29, 0.717) is 22.4 Å². The van der Waals surface area contributed by atoms with Gasteiger partial charge >= 0.3 is 0 Å². The number of anilines is 1. The van der Waals surface area contributed by atoms with Crippen LogP contribution in [0.3, 0.4) is 0 Å².